The van der Waals surface area contributed by atoms with Crippen LogP contribution in [-0.2, 0) is 6.61 Å². The molecule has 0 atom stereocenters. The zero-order valence-electron chi connectivity index (χ0n) is 8.92. The lowest BCUT2D eigenvalue weighted by molar-refractivity contribution is 0.280. The van der Waals surface area contributed by atoms with E-state index < -0.39 is 0 Å². The van der Waals surface area contributed by atoms with Gasteiger partial charge in [-0.05, 0) is 18.6 Å². The van der Waals surface area contributed by atoms with Crippen molar-refractivity contribution in [3.63, 3.8) is 0 Å². The van der Waals surface area contributed by atoms with Crippen molar-refractivity contribution in [2.24, 2.45) is 0 Å². The number of para-hydroxylation sites is 1. The van der Waals surface area contributed by atoms with E-state index in [9.17, 15) is 0 Å². The van der Waals surface area contributed by atoms with Crippen molar-refractivity contribution < 1.29 is 9.84 Å². The second kappa shape index (κ2) is 4.72. The van der Waals surface area contributed by atoms with Crippen LogP contribution in [0, 0.1) is 6.92 Å². The van der Waals surface area contributed by atoms with Crippen molar-refractivity contribution >= 4 is 0 Å². The van der Waals surface area contributed by atoms with Gasteiger partial charge < -0.3 is 9.84 Å². The minimum atomic E-state index is -0.0648. The Labute approximate surface area is 93.6 Å². The van der Waals surface area contributed by atoms with Gasteiger partial charge in [0, 0.05) is 18.0 Å². The van der Waals surface area contributed by atoms with Crippen LogP contribution >= 0.6 is 0 Å². The van der Waals surface area contributed by atoms with E-state index in [1.807, 2.05) is 31.2 Å². The van der Waals surface area contributed by atoms with Crippen LogP contribution in [-0.4, -0.2) is 15.1 Å². The number of aliphatic hydroxyl groups excluding tert-OH is 1. The maximum Gasteiger partial charge on any atom is 0.321 e. The average molecular weight is 216 g/mol. The lowest BCUT2D eigenvalue weighted by Crippen LogP contribution is -1.94. The molecule has 0 aliphatic carbocycles. The van der Waals surface area contributed by atoms with Crippen LogP contribution in [0.25, 0.3) is 0 Å². The molecule has 82 valence electrons. The highest BCUT2D eigenvalue weighted by atomic mass is 16.5. The Hall–Kier alpha value is -1.94. The van der Waals surface area contributed by atoms with E-state index in [4.69, 9.17) is 9.84 Å². The fourth-order valence-electron chi connectivity index (χ4n) is 1.25. The molecular formula is C12H12N2O2. The molecule has 0 aliphatic heterocycles. The summed E-state index contributed by atoms with van der Waals surface area (Å²) in [7, 11) is 0. The smallest absolute Gasteiger partial charge is 0.321 e. The highest BCUT2D eigenvalue weighted by Crippen LogP contribution is 2.21. The molecule has 2 rings (SSSR count). The number of ether oxygens (including phenoxy) is 1. The molecule has 4 nitrogen and oxygen atoms in total. The van der Waals surface area contributed by atoms with Gasteiger partial charge in [0.1, 0.15) is 5.75 Å². The second-order valence-electron chi connectivity index (χ2n) is 3.40. The van der Waals surface area contributed by atoms with Gasteiger partial charge in [-0.15, -0.1) is 0 Å². The number of hydrogen-bond donors (Lipinski definition) is 1. The van der Waals surface area contributed by atoms with Crippen LogP contribution in [0.15, 0.2) is 36.7 Å². The van der Waals surface area contributed by atoms with E-state index in [-0.39, 0.29) is 12.6 Å². The molecule has 0 bridgehead atoms. The lowest BCUT2D eigenvalue weighted by Gasteiger charge is -2.06. The van der Waals surface area contributed by atoms with Gasteiger partial charge >= 0.3 is 6.01 Å². The van der Waals surface area contributed by atoms with Gasteiger partial charge in [-0.2, -0.15) is 0 Å². The number of aryl methyl sites for hydroxylation is 1. The fourth-order valence-corrected chi connectivity index (χ4v) is 1.25. The Balaban J connectivity index is 2.18. The van der Waals surface area contributed by atoms with E-state index >= 15 is 0 Å². The van der Waals surface area contributed by atoms with E-state index in [0.29, 0.717) is 5.56 Å². The zero-order valence-corrected chi connectivity index (χ0v) is 8.92. The topological polar surface area (TPSA) is 55.2 Å². The van der Waals surface area contributed by atoms with E-state index in [0.717, 1.165) is 11.3 Å². The Morgan fingerprint density at radius 2 is 1.88 bits per heavy atom. The van der Waals surface area contributed by atoms with Crippen molar-refractivity contribution in [2.45, 2.75) is 13.5 Å². The number of aliphatic hydroxyl groups is 1. The third kappa shape index (κ3) is 2.35. The zero-order chi connectivity index (χ0) is 11.4. The van der Waals surface area contributed by atoms with Crippen LogP contribution in [0.4, 0.5) is 0 Å². The summed E-state index contributed by atoms with van der Waals surface area (Å²) in [5.41, 5.74) is 1.69. The molecule has 16 heavy (non-hydrogen) atoms. The van der Waals surface area contributed by atoms with Gasteiger partial charge in [-0.1, -0.05) is 18.2 Å². The summed E-state index contributed by atoms with van der Waals surface area (Å²) in [6.45, 7) is 1.89. The maximum absolute atomic E-state index is 8.84. The highest BCUT2D eigenvalue weighted by molar-refractivity contribution is 5.33. The van der Waals surface area contributed by atoms with E-state index in [1.165, 1.54) is 0 Å². The summed E-state index contributed by atoms with van der Waals surface area (Å²) >= 11 is 0. The molecule has 1 heterocycles. The summed E-state index contributed by atoms with van der Waals surface area (Å²) in [5.74, 6) is 0.735. The van der Waals surface area contributed by atoms with Crippen molar-refractivity contribution in [3.05, 3.63) is 47.8 Å². The van der Waals surface area contributed by atoms with Crippen molar-refractivity contribution in [1.82, 2.24) is 9.97 Å². The quantitative estimate of drug-likeness (QED) is 0.853. The first kappa shape index (κ1) is 10.6. The molecule has 1 N–H and O–H groups in total. The summed E-state index contributed by atoms with van der Waals surface area (Å²) in [5, 5.41) is 8.84. The maximum atomic E-state index is 8.84. The van der Waals surface area contributed by atoms with Crippen LogP contribution in [0.3, 0.4) is 0 Å². The predicted octanol–water partition coefficient (Wildman–Crippen LogP) is 2.07. The number of rotatable bonds is 3. The van der Waals surface area contributed by atoms with Crippen LogP contribution in [0.2, 0.25) is 0 Å². The Morgan fingerprint density at radius 1 is 1.19 bits per heavy atom. The monoisotopic (exact) mass is 216 g/mol. The van der Waals surface area contributed by atoms with E-state index in [2.05, 4.69) is 9.97 Å². The molecule has 0 radical (unpaired) electrons. The first-order valence-electron chi connectivity index (χ1n) is 4.95. The molecule has 0 aliphatic rings. The van der Waals surface area contributed by atoms with Crippen LogP contribution in [0.5, 0.6) is 11.8 Å². The minimum Gasteiger partial charge on any atom is -0.424 e. The molecule has 2 aromatic rings. The molecule has 1 aromatic carbocycles. The summed E-state index contributed by atoms with van der Waals surface area (Å²) in [6.07, 6.45) is 3.08. The fraction of sp³-hybridized carbons (Fsp3) is 0.167. The molecular weight excluding hydrogens is 204 g/mol. The van der Waals surface area contributed by atoms with Crippen molar-refractivity contribution in [1.29, 1.82) is 0 Å². The van der Waals surface area contributed by atoms with Crippen LogP contribution in [0.1, 0.15) is 11.1 Å². The third-order valence-electron chi connectivity index (χ3n) is 2.16. The summed E-state index contributed by atoms with van der Waals surface area (Å²) in [4.78, 5) is 7.99. The lowest BCUT2D eigenvalue weighted by atomic mass is 10.2. The van der Waals surface area contributed by atoms with Gasteiger partial charge in [0.2, 0.25) is 0 Å². The van der Waals surface area contributed by atoms with Gasteiger partial charge in [-0.3, -0.25) is 0 Å². The standard InChI is InChI=1S/C12H12N2O2/c1-9-4-2-3-5-11(9)16-12-13-6-10(8-15)7-14-12/h2-7,15H,8H2,1H3. The van der Waals surface area contributed by atoms with Crippen molar-refractivity contribution in [3.8, 4) is 11.8 Å². The van der Waals surface area contributed by atoms with Gasteiger partial charge in [-0.25, -0.2) is 9.97 Å². The second-order valence-corrected chi connectivity index (χ2v) is 3.40. The predicted molar refractivity (Wildman–Crippen MR) is 59.2 cm³/mol. The number of hydrogen-bond acceptors (Lipinski definition) is 4. The molecule has 1 aromatic heterocycles. The molecule has 0 amide bonds. The van der Waals surface area contributed by atoms with Gasteiger partial charge in [0.05, 0.1) is 6.61 Å². The molecule has 0 spiro atoms. The normalized spacial score (nSPS) is 10.1. The first-order chi connectivity index (χ1) is 7.79. The summed E-state index contributed by atoms with van der Waals surface area (Å²) < 4.78 is 5.50. The average Bonchev–Trinajstić information content (AvgIpc) is 2.33. The van der Waals surface area contributed by atoms with Crippen molar-refractivity contribution in [2.75, 3.05) is 0 Å². The molecule has 4 heteroatoms. The Bertz CT molecular complexity index is 469. The summed E-state index contributed by atoms with van der Waals surface area (Å²) in [6, 6.07) is 7.93. The Morgan fingerprint density at radius 3 is 2.50 bits per heavy atom. The van der Waals surface area contributed by atoms with E-state index in [1.54, 1.807) is 12.4 Å². The molecule has 0 saturated heterocycles. The van der Waals surface area contributed by atoms with Gasteiger partial charge in [0.15, 0.2) is 0 Å². The number of benzene rings is 1. The number of aromatic nitrogens is 2. The Kier molecular flexibility index (Phi) is 3.12. The first-order valence-corrected chi connectivity index (χ1v) is 4.95. The minimum absolute atomic E-state index is 0.0648. The van der Waals surface area contributed by atoms with Crippen LogP contribution < -0.4 is 4.74 Å². The molecule has 0 saturated carbocycles. The molecule has 0 unspecified atom stereocenters. The van der Waals surface area contributed by atoms with Gasteiger partial charge in [0.25, 0.3) is 0 Å². The number of nitrogens with zero attached hydrogens (tertiary/aromatic N) is 2. The molecule has 0 fully saturated rings. The largest absolute Gasteiger partial charge is 0.424 e. The SMILES string of the molecule is Cc1ccccc1Oc1ncc(CO)cn1. The highest BCUT2D eigenvalue weighted by Gasteiger charge is 2.02. The third-order valence-corrected chi connectivity index (χ3v) is 2.16.